The van der Waals surface area contributed by atoms with E-state index in [2.05, 4.69) is 35.2 Å². The maximum absolute atomic E-state index is 12.5. The van der Waals surface area contributed by atoms with Gasteiger partial charge in [-0.05, 0) is 46.2 Å². The van der Waals surface area contributed by atoms with E-state index in [0.717, 1.165) is 38.2 Å². The van der Waals surface area contributed by atoms with Gasteiger partial charge in [-0.15, -0.1) is 0 Å². The highest BCUT2D eigenvalue weighted by molar-refractivity contribution is 6.06. The van der Waals surface area contributed by atoms with E-state index in [1.54, 1.807) is 7.05 Å². The second-order valence-corrected chi connectivity index (χ2v) is 7.45. The summed E-state index contributed by atoms with van der Waals surface area (Å²) in [5.74, 6) is 0.00303. The van der Waals surface area contributed by atoms with Gasteiger partial charge in [-0.25, -0.2) is 4.79 Å². The average Bonchev–Trinajstić information content (AvgIpc) is 3.08. The summed E-state index contributed by atoms with van der Waals surface area (Å²) in [7, 11) is 1.54. The van der Waals surface area contributed by atoms with E-state index >= 15 is 0 Å². The van der Waals surface area contributed by atoms with Gasteiger partial charge in [-0.1, -0.05) is 0 Å². The number of likely N-dealkylation sites (tertiary alicyclic amines) is 1. The number of hydrogen-bond acceptors (Lipinski definition) is 4. The molecule has 3 amide bonds. The van der Waals surface area contributed by atoms with E-state index in [-0.39, 0.29) is 17.9 Å². The monoisotopic (exact) mass is 333 g/mol. The van der Waals surface area contributed by atoms with Crippen molar-refractivity contribution < 1.29 is 9.59 Å². The van der Waals surface area contributed by atoms with Crippen molar-refractivity contribution in [2.45, 2.75) is 51.7 Å². The van der Waals surface area contributed by atoms with Crippen molar-refractivity contribution in [2.75, 3.05) is 20.1 Å². The Morgan fingerprint density at radius 3 is 2.75 bits per heavy atom. The molecule has 2 aliphatic rings. The average molecular weight is 333 g/mol. The molecule has 3 heterocycles. The Bertz CT molecular complexity index is 641. The molecule has 2 fully saturated rings. The third-order valence-corrected chi connectivity index (χ3v) is 5.32. The fraction of sp³-hybridized carbons (Fsp3) is 0.706. The van der Waals surface area contributed by atoms with Crippen molar-refractivity contribution in [2.24, 2.45) is 5.92 Å². The molecule has 0 saturated carbocycles. The molecular formula is C17H27N5O2. The molecule has 1 N–H and O–H groups in total. The summed E-state index contributed by atoms with van der Waals surface area (Å²) in [6.07, 6.45) is 3.99. The molecule has 0 aromatic carbocycles. The minimum Gasteiger partial charge on any atom is -0.323 e. The number of aromatic nitrogens is 2. The maximum atomic E-state index is 12.5. The summed E-state index contributed by atoms with van der Waals surface area (Å²) >= 11 is 0. The summed E-state index contributed by atoms with van der Waals surface area (Å²) < 4.78 is 1.97. The molecule has 7 nitrogen and oxygen atoms in total. The number of rotatable bonds is 4. The van der Waals surface area contributed by atoms with Gasteiger partial charge >= 0.3 is 6.03 Å². The first kappa shape index (κ1) is 17.0. The number of imide groups is 1. The van der Waals surface area contributed by atoms with Crippen LogP contribution in [0.4, 0.5) is 4.79 Å². The summed E-state index contributed by atoms with van der Waals surface area (Å²) in [4.78, 5) is 27.9. The number of hydrogen-bond donors (Lipinski definition) is 1. The fourth-order valence-corrected chi connectivity index (χ4v) is 3.73. The third-order valence-electron chi connectivity index (χ3n) is 5.32. The Morgan fingerprint density at radius 1 is 1.42 bits per heavy atom. The van der Waals surface area contributed by atoms with Gasteiger partial charge < -0.3 is 5.32 Å². The molecule has 2 saturated heterocycles. The minimum absolute atomic E-state index is 0.122. The summed E-state index contributed by atoms with van der Waals surface area (Å²) in [6.45, 7) is 8.66. The second-order valence-electron chi connectivity index (χ2n) is 7.45. The van der Waals surface area contributed by atoms with E-state index < -0.39 is 5.54 Å². The molecule has 2 atom stereocenters. The van der Waals surface area contributed by atoms with Crippen molar-refractivity contribution in [3.05, 3.63) is 18.0 Å². The van der Waals surface area contributed by atoms with E-state index in [1.165, 1.54) is 4.90 Å². The Balaban J connectivity index is 1.68. The number of carbonyl (C=O) groups is 2. The third kappa shape index (κ3) is 2.92. The molecule has 1 aromatic rings. The molecule has 0 aliphatic carbocycles. The van der Waals surface area contributed by atoms with Crippen LogP contribution in [0.15, 0.2) is 12.3 Å². The van der Waals surface area contributed by atoms with E-state index in [1.807, 2.05) is 17.8 Å². The van der Waals surface area contributed by atoms with Gasteiger partial charge in [0.25, 0.3) is 5.91 Å². The van der Waals surface area contributed by atoms with E-state index in [0.29, 0.717) is 6.04 Å². The van der Waals surface area contributed by atoms with Crippen molar-refractivity contribution in [3.8, 4) is 0 Å². The van der Waals surface area contributed by atoms with Gasteiger partial charge in [0.2, 0.25) is 0 Å². The van der Waals surface area contributed by atoms with Crippen LogP contribution in [-0.4, -0.2) is 57.2 Å². The van der Waals surface area contributed by atoms with Gasteiger partial charge in [0.05, 0.1) is 5.69 Å². The van der Waals surface area contributed by atoms with Gasteiger partial charge in [-0.3, -0.25) is 19.3 Å². The minimum atomic E-state index is -0.790. The predicted molar refractivity (Wildman–Crippen MR) is 90.3 cm³/mol. The van der Waals surface area contributed by atoms with Crippen molar-refractivity contribution in [3.63, 3.8) is 0 Å². The smallest absolute Gasteiger partial charge is 0.323 e. The lowest BCUT2D eigenvalue weighted by atomic mass is 9.80. The van der Waals surface area contributed by atoms with Crippen molar-refractivity contribution >= 4 is 11.9 Å². The quantitative estimate of drug-likeness (QED) is 0.850. The first-order valence-corrected chi connectivity index (χ1v) is 8.68. The van der Waals surface area contributed by atoms with Crippen LogP contribution in [0, 0.1) is 5.92 Å². The molecule has 0 unspecified atom stereocenters. The van der Waals surface area contributed by atoms with Gasteiger partial charge in [0.1, 0.15) is 5.54 Å². The summed E-state index contributed by atoms with van der Waals surface area (Å²) in [6, 6.07) is 2.12. The predicted octanol–water partition coefficient (Wildman–Crippen LogP) is 1.62. The molecule has 0 spiro atoms. The summed E-state index contributed by atoms with van der Waals surface area (Å²) in [5.41, 5.74) is 0.260. The second kappa shape index (κ2) is 6.20. The lowest BCUT2D eigenvalue weighted by Gasteiger charge is -2.39. The van der Waals surface area contributed by atoms with Crippen LogP contribution in [0.5, 0.6) is 0 Å². The first-order chi connectivity index (χ1) is 11.3. The van der Waals surface area contributed by atoms with Crippen molar-refractivity contribution in [1.82, 2.24) is 24.9 Å². The number of nitrogens with zero attached hydrogens (tertiary/aromatic N) is 4. The molecule has 132 valence electrons. The van der Waals surface area contributed by atoms with Crippen molar-refractivity contribution in [1.29, 1.82) is 0 Å². The van der Waals surface area contributed by atoms with Crippen LogP contribution in [0.3, 0.4) is 0 Å². The van der Waals surface area contributed by atoms with E-state index in [9.17, 15) is 9.59 Å². The molecule has 1 aromatic heterocycles. The molecule has 0 radical (unpaired) electrons. The normalized spacial score (nSPS) is 28.7. The first-order valence-electron chi connectivity index (χ1n) is 8.68. The molecule has 3 rings (SSSR count). The number of nitrogens with one attached hydrogen (secondary N) is 1. The lowest BCUT2D eigenvalue weighted by molar-refractivity contribution is -0.132. The molecule has 7 heteroatoms. The number of likely N-dealkylation sites (N-methyl/N-ethyl adjacent to an activating group) is 1. The highest BCUT2D eigenvalue weighted by Gasteiger charge is 2.51. The van der Waals surface area contributed by atoms with E-state index in [4.69, 9.17) is 0 Å². The Morgan fingerprint density at radius 2 is 2.17 bits per heavy atom. The number of urea groups is 1. The zero-order valence-electron chi connectivity index (χ0n) is 15.0. The highest BCUT2D eigenvalue weighted by Crippen LogP contribution is 2.32. The number of piperidine rings is 1. The van der Waals surface area contributed by atoms with Crippen LogP contribution in [0.2, 0.25) is 0 Å². The molecular weight excluding hydrogens is 306 g/mol. The van der Waals surface area contributed by atoms with Crippen LogP contribution < -0.4 is 5.32 Å². The number of carbonyl (C=O) groups excluding carboxylic acids is 2. The SMILES string of the molecule is CC(C)n1ccc(CN2CCC[C@H]([C@@]3(C)NC(=O)N(C)C3=O)C2)n1. The lowest BCUT2D eigenvalue weighted by Crippen LogP contribution is -2.55. The number of amides is 3. The fourth-order valence-electron chi connectivity index (χ4n) is 3.73. The van der Waals surface area contributed by atoms with Gasteiger partial charge in [-0.2, -0.15) is 5.10 Å². The van der Waals surface area contributed by atoms with Crippen LogP contribution in [-0.2, 0) is 11.3 Å². The Kier molecular flexibility index (Phi) is 4.38. The highest BCUT2D eigenvalue weighted by atomic mass is 16.2. The maximum Gasteiger partial charge on any atom is 0.324 e. The zero-order chi connectivity index (χ0) is 17.5. The van der Waals surface area contributed by atoms with Crippen LogP contribution in [0.1, 0.15) is 45.3 Å². The van der Waals surface area contributed by atoms with Gasteiger partial charge in [0, 0.05) is 38.3 Å². The molecule has 2 aliphatic heterocycles. The summed E-state index contributed by atoms with van der Waals surface area (Å²) in [5, 5.41) is 7.51. The van der Waals surface area contributed by atoms with Crippen LogP contribution >= 0.6 is 0 Å². The molecule has 24 heavy (non-hydrogen) atoms. The van der Waals surface area contributed by atoms with Crippen LogP contribution in [0.25, 0.3) is 0 Å². The topological polar surface area (TPSA) is 70.5 Å². The van der Waals surface area contributed by atoms with Gasteiger partial charge in [0.15, 0.2) is 0 Å². The standard InChI is InChI=1S/C17H27N5O2/c1-12(2)22-9-7-14(19-22)11-21-8-5-6-13(10-21)17(3)15(23)20(4)16(24)18-17/h7,9,12-13H,5-6,8,10-11H2,1-4H3,(H,18,24)/t13-,17+/m0/s1. The zero-order valence-corrected chi connectivity index (χ0v) is 15.0. The molecule has 0 bridgehead atoms. The Hall–Kier alpha value is -1.89. The largest absolute Gasteiger partial charge is 0.324 e. The Labute approximate surface area is 143 Å².